The third kappa shape index (κ3) is 12.4. The van der Waals surface area contributed by atoms with E-state index in [0.717, 1.165) is 32.4 Å². The van der Waals surface area contributed by atoms with Gasteiger partial charge in [-0.2, -0.15) is 5.26 Å². The molecule has 20 heavy (non-hydrogen) atoms. The zero-order valence-electron chi connectivity index (χ0n) is 12.9. The lowest BCUT2D eigenvalue weighted by atomic mass is 10.1. The molecule has 0 aliphatic rings. The maximum absolute atomic E-state index is 9.63. The van der Waals surface area contributed by atoms with Crippen LogP contribution in [0.5, 0.6) is 0 Å². The van der Waals surface area contributed by atoms with Crippen molar-refractivity contribution in [3.05, 3.63) is 0 Å². The number of aliphatic hydroxyl groups excluding tert-OH is 1. The van der Waals surface area contributed by atoms with Gasteiger partial charge in [-0.25, -0.2) is 0 Å². The number of rotatable bonds is 14. The topological polar surface area (TPSA) is 74.5 Å². The molecule has 2 N–H and O–H groups in total. The van der Waals surface area contributed by atoms with Gasteiger partial charge in [0.1, 0.15) is 0 Å². The summed E-state index contributed by atoms with van der Waals surface area (Å²) < 4.78 is 10.9. The zero-order chi connectivity index (χ0) is 15.1. The molecule has 1 atom stereocenters. The molecule has 118 valence electrons. The van der Waals surface area contributed by atoms with Gasteiger partial charge in [0.05, 0.1) is 32.0 Å². The van der Waals surface area contributed by atoms with Crippen molar-refractivity contribution in [2.45, 2.75) is 45.6 Å². The minimum atomic E-state index is -0.504. The predicted molar refractivity (Wildman–Crippen MR) is 79.4 cm³/mol. The highest BCUT2D eigenvalue weighted by atomic mass is 16.5. The molecule has 0 saturated heterocycles. The summed E-state index contributed by atoms with van der Waals surface area (Å²) in [5, 5.41) is 21.1. The Labute approximate surface area is 123 Å². The quantitative estimate of drug-likeness (QED) is 0.476. The minimum Gasteiger partial charge on any atom is -0.389 e. The first-order valence-electron chi connectivity index (χ1n) is 7.65. The number of nitrogens with one attached hydrogen (secondary N) is 1. The molecule has 0 aromatic carbocycles. The van der Waals surface area contributed by atoms with Gasteiger partial charge in [0, 0.05) is 19.6 Å². The van der Waals surface area contributed by atoms with Crippen LogP contribution < -0.4 is 5.32 Å². The number of ether oxygens (including phenoxy) is 2. The van der Waals surface area contributed by atoms with E-state index in [1.165, 1.54) is 0 Å². The monoisotopic (exact) mass is 286 g/mol. The maximum atomic E-state index is 9.63. The molecule has 0 spiro atoms. The summed E-state index contributed by atoms with van der Waals surface area (Å²) >= 11 is 0. The van der Waals surface area contributed by atoms with Crippen LogP contribution in [0.4, 0.5) is 0 Å². The standard InChI is InChI=1S/C15H30N2O3/c1-3-14(4-2)12-19-9-10-20-13-15(18)11-17-8-6-5-7-16/h14-15,17-18H,3-6,8-13H2,1-2H3. The summed E-state index contributed by atoms with van der Waals surface area (Å²) in [7, 11) is 0. The average Bonchev–Trinajstić information content (AvgIpc) is 2.46. The van der Waals surface area contributed by atoms with Crippen molar-refractivity contribution in [1.82, 2.24) is 5.32 Å². The molecule has 0 fully saturated rings. The molecule has 0 radical (unpaired) electrons. The number of hydrogen-bond acceptors (Lipinski definition) is 5. The Morgan fingerprint density at radius 1 is 1.15 bits per heavy atom. The molecule has 0 amide bonds. The number of aliphatic hydroxyl groups is 1. The Kier molecular flexibility index (Phi) is 14.2. The largest absolute Gasteiger partial charge is 0.389 e. The zero-order valence-corrected chi connectivity index (χ0v) is 12.9. The molecule has 1 unspecified atom stereocenters. The molecular weight excluding hydrogens is 256 g/mol. The molecule has 5 heteroatoms. The number of unbranched alkanes of at least 4 members (excludes halogenated alkanes) is 1. The van der Waals surface area contributed by atoms with Crippen molar-refractivity contribution in [1.29, 1.82) is 5.26 Å². The number of nitriles is 1. The van der Waals surface area contributed by atoms with Crippen molar-refractivity contribution in [3.63, 3.8) is 0 Å². The van der Waals surface area contributed by atoms with Crippen LogP contribution in [0.1, 0.15) is 39.5 Å². The smallest absolute Gasteiger partial charge is 0.0897 e. The van der Waals surface area contributed by atoms with Crippen LogP contribution in [0.15, 0.2) is 0 Å². The number of nitrogens with zero attached hydrogens (tertiary/aromatic N) is 1. The Hall–Kier alpha value is -0.670. The lowest BCUT2D eigenvalue weighted by Crippen LogP contribution is -2.31. The van der Waals surface area contributed by atoms with Gasteiger partial charge in [-0.3, -0.25) is 0 Å². The highest BCUT2D eigenvalue weighted by Gasteiger charge is 2.05. The van der Waals surface area contributed by atoms with Gasteiger partial charge < -0.3 is 19.9 Å². The third-order valence-corrected chi connectivity index (χ3v) is 3.21. The molecular formula is C15H30N2O3. The van der Waals surface area contributed by atoms with Crippen LogP contribution in [0.25, 0.3) is 0 Å². The van der Waals surface area contributed by atoms with Crippen LogP contribution >= 0.6 is 0 Å². The van der Waals surface area contributed by atoms with Crippen LogP contribution in [0.2, 0.25) is 0 Å². The van der Waals surface area contributed by atoms with Crippen molar-refractivity contribution in [2.24, 2.45) is 5.92 Å². The Bertz CT molecular complexity index is 240. The van der Waals surface area contributed by atoms with Gasteiger partial charge in [0.15, 0.2) is 0 Å². The van der Waals surface area contributed by atoms with Gasteiger partial charge in [-0.15, -0.1) is 0 Å². The maximum Gasteiger partial charge on any atom is 0.0897 e. The van der Waals surface area contributed by atoms with Crippen molar-refractivity contribution in [2.75, 3.05) is 39.5 Å². The van der Waals surface area contributed by atoms with Crippen LogP contribution in [0, 0.1) is 17.2 Å². The van der Waals surface area contributed by atoms with E-state index in [9.17, 15) is 5.11 Å². The van der Waals surface area contributed by atoms with Gasteiger partial charge in [-0.05, 0) is 18.9 Å². The van der Waals surface area contributed by atoms with E-state index < -0.39 is 6.10 Å². The lowest BCUT2D eigenvalue weighted by Gasteiger charge is -2.14. The Balaban J connectivity index is 3.27. The van der Waals surface area contributed by atoms with E-state index in [1.54, 1.807) is 0 Å². The Morgan fingerprint density at radius 2 is 1.80 bits per heavy atom. The number of hydrogen-bond donors (Lipinski definition) is 2. The van der Waals surface area contributed by atoms with Crippen molar-refractivity contribution >= 4 is 0 Å². The third-order valence-electron chi connectivity index (χ3n) is 3.21. The molecule has 0 aromatic rings. The first-order chi connectivity index (χ1) is 9.74. The molecule has 5 nitrogen and oxygen atoms in total. The van der Waals surface area contributed by atoms with Crippen LogP contribution in [-0.2, 0) is 9.47 Å². The fourth-order valence-corrected chi connectivity index (χ4v) is 1.73. The Morgan fingerprint density at radius 3 is 2.40 bits per heavy atom. The second-order valence-electron chi connectivity index (χ2n) is 4.95. The van der Waals surface area contributed by atoms with E-state index in [2.05, 4.69) is 25.2 Å². The van der Waals surface area contributed by atoms with Crippen molar-refractivity contribution in [3.8, 4) is 6.07 Å². The van der Waals surface area contributed by atoms with E-state index in [1.807, 2.05) is 0 Å². The fourth-order valence-electron chi connectivity index (χ4n) is 1.73. The highest BCUT2D eigenvalue weighted by molar-refractivity contribution is 4.69. The van der Waals surface area contributed by atoms with Crippen LogP contribution in [0.3, 0.4) is 0 Å². The molecule has 0 aromatic heterocycles. The van der Waals surface area contributed by atoms with Gasteiger partial charge in [-0.1, -0.05) is 26.7 Å². The normalized spacial score (nSPS) is 12.6. The summed E-state index contributed by atoms with van der Waals surface area (Å²) in [4.78, 5) is 0. The van der Waals surface area contributed by atoms with Gasteiger partial charge in [0.25, 0.3) is 0 Å². The highest BCUT2D eigenvalue weighted by Crippen LogP contribution is 2.07. The fraction of sp³-hybridized carbons (Fsp3) is 0.933. The van der Waals surface area contributed by atoms with E-state index >= 15 is 0 Å². The van der Waals surface area contributed by atoms with E-state index in [0.29, 0.717) is 38.7 Å². The summed E-state index contributed by atoms with van der Waals surface area (Å²) in [6.07, 6.45) is 3.15. The van der Waals surface area contributed by atoms with E-state index in [4.69, 9.17) is 14.7 Å². The predicted octanol–water partition coefficient (Wildman–Crippen LogP) is 1.71. The molecule has 0 rings (SSSR count). The second-order valence-corrected chi connectivity index (χ2v) is 4.95. The molecule has 0 heterocycles. The lowest BCUT2D eigenvalue weighted by molar-refractivity contribution is -0.00249. The van der Waals surface area contributed by atoms with Gasteiger partial charge >= 0.3 is 0 Å². The SMILES string of the molecule is CCC(CC)COCCOCC(O)CNCCCC#N. The minimum absolute atomic E-state index is 0.319. The average molecular weight is 286 g/mol. The summed E-state index contributed by atoms with van der Waals surface area (Å²) in [5.41, 5.74) is 0. The first kappa shape index (κ1) is 19.3. The first-order valence-corrected chi connectivity index (χ1v) is 7.65. The van der Waals surface area contributed by atoms with Crippen molar-refractivity contribution < 1.29 is 14.6 Å². The molecule has 0 aliphatic heterocycles. The van der Waals surface area contributed by atoms with Gasteiger partial charge in [0.2, 0.25) is 0 Å². The second kappa shape index (κ2) is 14.7. The van der Waals surface area contributed by atoms with Crippen LogP contribution in [-0.4, -0.2) is 50.7 Å². The molecule has 0 saturated carbocycles. The summed E-state index contributed by atoms with van der Waals surface area (Å²) in [6, 6.07) is 2.08. The molecule has 0 bridgehead atoms. The van der Waals surface area contributed by atoms with E-state index in [-0.39, 0.29) is 0 Å². The molecule has 0 aliphatic carbocycles. The summed E-state index contributed by atoms with van der Waals surface area (Å²) in [6.45, 7) is 7.81. The summed E-state index contributed by atoms with van der Waals surface area (Å²) in [5.74, 6) is 0.637.